The zero-order valence-electron chi connectivity index (χ0n) is 28.1. The lowest BCUT2D eigenvalue weighted by atomic mass is 9.72. The van der Waals surface area contributed by atoms with E-state index in [1.165, 1.54) is 17.5 Å². The zero-order valence-corrected chi connectivity index (χ0v) is 29.7. The summed E-state index contributed by atoms with van der Waals surface area (Å²) in [6, 6.07) is 27.9. The Morgan fingerprint density at radius 2 is 1.78 bits per heavy atom. The first-order valence-electron chi connectivity index (χ1n) is 17.9. The minimum atomic E-state index is -0.863. The molecule has 0 saturated heterocycles. The topological polar surface area (TPSA) is 92.6 Å². The van der Waals surface area contributed by atoms with Gasteiger partial charge in [-0.3, -0.25) is 9.59 Å². The highest BCUT2D eigenvalue weighted by Gasteiger charge is 2.45. The average molecular weight is 725 g/mol. The Morgan fingerprint density at radius 3 is 2.49 bits per heavy atom. The molecule has 49 heavy (non-hydrogen) atoms. The fourth-order valence-corrected chi connectivity index (χ4v) is 8.46. The molecule has 7 nitrogen and oxygen atoms in total. The molecule has 8 heteroatoms. The summed E-state index contributed by atoms with van der Waals surface area (Å²) in [7, 11) is 0. The molecule has 5 atom stereocenters. The first-order chi connectivity index (χ1) is 23.8. The van der Waals surface area contributed by atoms with E-state index in [-0.39, 0.29) is 29.2 Å². The Bertz CT molecular complexity index is 1820. The second-order valence-electron chi connectivity index (χ2n) is 14.2. The van der Waals surface area contributed by atoms with Crippen molar-refractivity contribution < 1.29 is 14.6 Å². The maximum atomic E-state index is 13.9. The van der Waals surface area contributed by atoms with E-state index in [0.29, 0.717) is 28.9 Å². The van der Waals surface area contributed by atoms with Crippen LogP contribution in [0, 0.1) is 0 Å². The van der Waals surface area contributed by atoms with Gasteiger partial charge < -0.3 is 25.0 Å². The molecule has 3 aromatic carbocycles. The van der Waals surface area contributed by atoms with Crippen molar-refractivity contribution in [3.8, 4) is 5.75 Å². The SMILES string of the molecule is CCc1ccc2c(c1)C(NC[C@@H](O)[C@H](Cc1ccccc1)NC(=O)c1cc(Br)c(=O)n(C3CCC(c4ccccc4)C3)c1)CC1(CCC1)O2. The third-order valence-corrected chi connectivity index (χ3v) is 11.6. The van der Waals surface area contributed by atoms with E-state index in [1.807, 2.05) is 36.4 Å². The summed E-state index contributed by atoms with van der Waals surface area (Å²) in [4.78, 5) is 27.3. The summed E-state index contributed by atoms with van der Waals surface area (Å²) < 4.78 is 8.62. The summed E-state index contributed by atoms with van der Waals surface area (Å²) in [6.45, 7) is 2.46. The van der Waals surface area contributed by atoms with Crippen molar-refractivity contribution in [2.45, 2.75) is 100 Å². The summed E-state index contributed by atoms with van der Waals surface area (Å²) in [6.07, 6.45) is 9.06. The van der Waals surface area contributed by atoms with Crippen LogP contribution in [0.2, 0.25) is 0 Å². The van der Waals surface area contributed by atoms with E-state index >= 15 is 0 Å². The minimum Gasteiger partial charge on any atom is -0.487 e. The van der Waals surface area contributed by atoms with Gasteiger partial charge in [0.05, 0.1) is 22.2 Å². The molecule has 2 fully saturated rings. The van der Waals surface area contributed by atoms with Gasteiger partial charge in [0.1, 0.15) is 11.4 Å². The molecule has 256 valence electrons. The number of ether oxygens (including phenoxy) is 1. The van der Waals surface area contributed by atoms with E-state index in [4.69, 9.17) is 4.74 Å². The molecule has 3 aliphatic rings. The smallest absolute Gasteiger partial charge is 0.265 e. The molecule has 1 amide bonds. The predicted octanol–water partition coefficient (Wildman–Crippen LogP) is 7.42. The lowest BCUT2D eigenvalue weighted by molar-refractivity contribution is -0.0382. The van der Waals surface area contributed by atoms with Crippen molar-refractivity contribution in [1.29, 1.82) is 0 Å². The van der Waals surface area contributed by atoms with Crippen LogP contribution in [0.25, 0.3) is 0 Å². The number of aliphatic hydroxyl groups is 1. The maximum absolute atomic E-state index is 13.9. The number of aromatic nitrogens is 1. The number of hydrogen-bond acceptors (Lipinski definition) is 5. The van der Waals surface area contributed by atoms with E-state index < -0.39 is 12.1 Å². The van der Waals surface area contributed by atoms with E-state index in [0.717, 1.165) is 61.8 Å². The number of pyridine rings is 1. The van der Waals surface area contributed by atoms with Crippen molar-refractivity contribution in [1.82, 2.24) is 15.2 Å². The molecule has 1 aromatic heterocycles. The number of halogens is 1. The first-order valence-corrected chi connectivity index (χ1v) is 18.6. The Hall–Kier alpha value is -3.72. The van der Waals surface area contributed by atoms with Crippen molar-refractivity contribution in [3.05, 3.63) is 134 Å². The molecular weight excluding hydrogens is 678 g/mol. The molecule has 2 saturated carbocycles. The fourth-order valence-electron chi connectivity index (χ4n) is 8.01. The summed E-state index contributed by atoms with van der Waals surface area (Å²) >= 11 is 3.45. The molecule has 0 bridgehead atoms. The highest BCUT2D eigenvalue weighted by molar-refractivity contribution is 9.10. The van der Waals surface area contributed by atoms with Gasteiger partial charge in [-0.15, -0.1) is 0 Å². The molecule has 2 aliphatic carbocycles. The first kappa shape index (κ1) is 33.8. The van der Waals surface area contributed by atoms with Crippen molar-refractivity contribution in [2.75, 3.05) is 6.54 Å². The van der Waals surface area contributed by atoms with Crippen LogP contribution in [-0.2, 0) is 12.8 Å². The van der Waals surface area contributed by atoms with E-state index in [2.05, 4.69) is 76.0 Å². The Labute approximate surface area is 297 Å². The average Bonchev–Trinajstić information content (AvgIpc) is 3.61. The number of rotatable bonds is 11. The standard InChI is InChI=1S/C41H46BrN3O4/c1-2-27-14-17-38-33(20-27)36(24-41(49-38)18-9-19-41)43-25-37(46)35(21-28-10-5-3-6-11-28)44-39(47)31-23-34(42)40(48)45(26-31)32-16-15-30(22-32)29-12-7-4-8-13-29/h3-8,10-14,17,20,23,26,30,32,35-37,43,46H,2,9,15-16,18-19,21-22,24-25H2,1H3,(H,44,47)/t30?,32?,35-,36?,37+/m0/s1. The molecule has 0 radical (unpaired) electrons. The lowest BCUT2D eigenvalue weighted by Crippen LogP contribution is -2.52. The van der Waals surface area contributed by atoms with E-state index in [9.17, 15) is 14.7 Å². The summed E-state index contributed by atoms with van der Waals surface area (Å²) in [5, 5.41) is 18.6. The second kappa shape index (κ2) is 14.6. The number of benzene rings is 3. The highest BCUT2D eigenvalue weighted by atomic mass is 79.9. The number of nitrogens with one attached hydrogen (secondary N) is 2. The zero-order chi connectivity index (χ0) is 34.0. The molecule has 4 aromatic rings. The number of fused-ring (bicyclic) bond motifs is 1. The van der Waals surface area contributed by atoms with E-state index in [1.54, 1.807) is 16.8 Å². The van der Waals surface area contributed by atoms with Gasteiger partial charge >= 0.3 is 0 Å². The van der Waals surface area contributed by atoms with Gasteiger partial charge in [-0.05, 0) is 102 Å². The number of carbonyl (C=O) groups is 1. The van der Waals surface area contributed by atoms with Crippen LogP contribution in [-0.4, -0.2) is 39.9 Å². The quantitative estimate of drug-likeness (QED) is 0.150. The summed E-state index contributed by atoms with van der Waals surface area (Å²) in [5.74, 6) is 0.995. The van der Waals surface area contributed by atoms with Crippen LogP contribution in [0.15, 0.2) is 100 Å². The molecule has 2 heterocycles. The third-order valence-electron chi connectivity index (χ3n) is 11.0. The Balaban J connectivity index is 1.09. The molecule has 3 unspecified atom stereocenters. The second-order valence-corrected chi connectivity index (χ2v) is 15.1. The van der Waals surface area contributed by atoms with Crippen LogP contribution < -0.4 is 20.9 Å². The summed E-state index contributed by atoms with van der Waals surface area (Å²) in [5.41, 5.74) is 4.83. The van der Waals surface area contributed by atoms with Gasteiger partial charge in [0, 0.05) is 36.8 Å². The van der Waals surface area contributed by atoms with Gasteiger partial charge in [-0.25, -0.2) is 0 Å². The monoisotopic (exact) mass is 723 g/mol. The van der Waals surface area contributed by atoms with Crippen LogP contribution in [0.5, 0.6) is 5.75 Å². The van der Waals surface area contributed by atoms with Gasteiger partial charge in [-0.1, -0.05) is 79.7 Å². The number of hydrogen-bond donors (Lipinski definition) is 3. The number of amides is 1. The molecule has 1 aliphatic heterocycles. The maximum Gasteiger partial charge on any atom is 0.265 e. The minimum absolute atomic E-state index is 0.00574. The van der Waals surface area contributed by atoms with Gasteiger partial charge in [0.2, 0.25) is 0 Å². The molecule has 7 rings (SSSR count). The molecule has 1 spiro atoms. The Kier molecular flexibility index (Phi) is 10.1. The van der Waals surface area contributed by atoms with Crippen molar-refractivity contribution >= 4 is 21.8 Å². The van der Waals surface area contributed by atoms with Crippen LogP contribution in [0.1, 0.15) is 102 Å². The van der Waals surface area contributed by atoms with Gasteiger partial charge in [0.15, 0.2) is 0 Å². The van der Waals surface area contributed by atoms with Gasteiger partial charge in [-0.2, -0.15) is 0 Å². The molecular formula is C41H46BrN3O4. The van der Waals surface area contributed by atoms with Crippen LogP contribution >= 0.6 is 15.9 Å². The van der Waals surface area contributed by atoms with Crippen molar-refractivity contribution in [3.63, 3.8) is 0 Å². The van der Waals surface area contributed by atoms with Gasteiger partial charge in [0.25, 0.3) is 11.5 Å². The fraction of sp³-hybridized carbons (Fsp3) is 0.415. The van der Waals surface area contributed by atoms with Crippen LogP contribution in [0.4, 0.5) is 0 Å². The normalized spacial score (nSPS) is 22.1. The van der Waals surface area contributed by atoms with Crippen molar-refractivity contribution in [2.24, 2.45) is 0 Å². The predicted molar refractivity (Wildman–Crippen MR) is 196 cm³/mol. The lowest BCUT2D eigenvalue weighted by Gasteiger charge is -2.48. The number of carbonyl (C=O) groups excluding carboxylic acids is 1. The molecule has 3 N–H and O–H groups in total. The van der Waals surface area contributed by atoms with Crippen LogP contribution in [0.3, 0.4) is 0 Å². The largest absolute Gasteiger partial charge is 0.487 e. The number of aliphatic hydroxyl groups excluding tert-OH is 1. The third kappa shape index (κ3) is 7.42. The number of aryl methyl sites for hydroxylation is 1. The highest BCUT2D eigenvalue weighted by Crippen LogP contribution is 2.49. The Morgan fingerprint density at radius 1 is 1.02 bits per heavy atom. The number of nitrogens with zero attached hydrogens (tertiary/aromatic N) is 1.